The van der Waals surface area contributed by atoms with Gasteiger partial charge in [-0.1, -0.05) is 22.9 Å². The number of aliphatic hydroxyl groups excluding tert-OH is 1. The number of aryl methyl sites for hydroxylation is 3. The molecule has 1 heterocycles. The molecule has 2 rings (SSSR count). The van der Waals surface area contributed by atoms with Gasteiger partial charge in [0.15, 0.2) is 0 Å². The maximum absolute atomic E-state index is 9.43. The summed E-state index contributed by atoms with van der Waals surface area (Å²) >= 11 is 0. The number of aromatic nitrogens is 3. The van der Waals surface area contributed by atoms with Crippen LogP contribution >= 0.6 is 0 Å². The molecule has 0 saturated heterocycles. The predicted molar refractivity (Wildman–Crippen MR) is 70.4 cm³/mol. The van der Waals surface area contributed by atoms with Crippen LogP contribution in [0.3, 0.4) is 0 Å². The fraction of sp³-hybridized carbons (Fsp3) is 0.429. The molecule has 0 spiro atoms. The minimum absolute atomic E-state index is 0.570. The summed E-state index contributed by atoms with van der Waals surface area (Å²) in [5.74, 6) is 0. The Labute approximate surface area is 107 Å². The van der Waals surface area contributed by atoms with Crippen LogP contribution in [-0.2, 0) is 6.54 Å². The van der Waals surface area contributed by atoms with Gasteiger partial charge in [0.1, 0.15) is 5.69 Å². The topological polar surface area (TPSA) is 50.9 Å². The first kappa shape index (κ1) is 12.8. The van der Waals surface area contributed by atoms with Crippen molar-refractivity contribution in [3.05, 3.63) is 46.3 Å². The van der Waals surface area contributed by atoms with E-state index >= 15 is 0 Å². The molecule has 0 aliphatic carbocycles. The Morgan fingerprint density at radius 1 is 1.22 bits per heavy atom. The Morgan fingerprint density at radius 3 is 2.33 bits per heavy atom. The number of aliphatic hydroxyl groups is 1. The van der Waals surface area contributed by atoms with Gasteiger partial charge in [-0.25, -0.2) is 4.68 Å². The first-order valence-electron chi connectivity index (χ1n) is 6.12. The van der Waals surface area contributed by atoms with Gasteiger partial charge in [-0.05, 0) is 44.4 Å². The highest BCUT2D eigenvalue weighted by molar-refractivity contribution is 5.37. The van der Waals surface area contributed by atoms with E-state index in [4.69, 9.17) is 0 Å². The third-order valence-electron chi connectivity index (χ3n) is 3.14. The summed E-state index contributed by atoms with van der Waals surface area (Å²) in [7, 11) is 0. The monoisotopic (exact) mass is 245 g/mol. The van der Waals surface area contributed by atoms with Crippen LogP contribution in [0.1, 0.15) is 41.0 Å². The molecule has 1 atom stereocenters. The Hall–Kier alpha value is -1.68. The third-order valence-corrected chi connectivity index (χ3v) is 3.14. The number of nitrogens with zero attached hydrogens (tertiary/aromatic N) is 3. The van der Waals surface area contributed by atoms with E-state index in [1.165, 1.54) is 22.3 Å². The molecule has 0 amide bonds. The molecular formula is C14H19N3O. The van der Waals surface area contributed by atoms with Gasteiger partial charge in [-0.3, -0.25) is 0 Å². The quantitative estimate of drug-likeness (QED) is 0.902. The molecular weight excluding hydrogens is 226 g/mol. The van der Waals surface area contributed by atoms with Crippen LogP contribution in [0.4, 0.5) is 0 Å². The molecule has 0 radical (unpaired) electrons. The van der Waals surface area contributed by atoms with E-state index in [-0.39, 0.29) is 0 Å². The lowest BCUT2D eigenvalue weighted by Gasteiger charge is -2.10. The largest absolute Gasteiger partial charge is 0.387 e. The van der Waals surface area contributed by atoms with Gasteiger partial charge in [0, 0.05) is 0 Å². The molecule has 1 aromatic carbocycles. The van der Waals surface area contributed by atoms with Gasteiger partial charge < -0.3 is 5.11 Å². The Kier molecular flexibility index (Phi) is 3.48. The van der Waals surface area contributed by atoms with E-state index in [9.17, 15) is 5.11 Å². The Morgan fingerprint density at radius 2 is 1.83 bits per heavy atom. The smallest absolute Gasteiger partial charge is 0.111 e. The van der Waals surface area contributed by atoms with Crippen molar-refractivity contribution in [1.82, 2.24) is 15.0 Å². The van der Waals surface area contributed by atoms with Gasteiger partial charge in [0.2, 0.25) is 0 Å². The van der Waals surface area contributed by atoms with Crippen molar-refractivity contribution < 1.29 is 5.11 Å². The Balaban J connectivity index is 2.28. The summed E-state index contributed by atoms with van der Waals surface area (Å²) in [4.78, 5) is 0. The van der Waals surface area contributed by atoms with E-state index < -0.39 is 6.10 Å². The maximum atomic E-state index is 9.43. The van der Waals surface area contributed by atoms with E-state index in [0.29, 0.717) is 12.2 Å². The Bertz CT molecular complexity index is 535. The minimum atomic E-state index is -0.570. The van der Waals surface area contributed by atoms with Crippen LogP contribution in [0.25, 0.3) is 0 Å². The maximum Gasteiger partial charge on any atom is 0.111 e. The van der Waals surface area contributed by atoms with E-state index in [1.54, 1.807) is 17.8 Å². The van der Waals surface area contributed by atoms with Crippen molar-refractivity contribution in [2.45, 2.75) is 40.3 Å². The molecule has 0 aliphatic heterocycles. The summed E-state index contributed by atoms with van der Waals surface area (Å²) in [5.41, 5.74) is 5.68. The van der Waals surface area contributed by atoms with Crippen LogP contribution in [-0.4, -0.2) is 20.1 Å². The lowest BCUT2D eigenvalue weighted by molar-refractivity contribution is 0.194. The molecule has 1 N–H and O–H groups in total. The molecule has 4 heteroatoms. The fourth-order valence-electron chi connectivity index (χ4n) is 2.20. The number of rotatable bonds is 3. The summed E-state index contributed by atoms with van der Waals surface area (Å²) in [6.07, 6.45) is 1.22. The molecule has 1 aromatic heterocycles. The lowest BCUT2D eigenvalue weighted by atomic mass is 10.00. The van der Waals surface area contributed by atoms with Crippen molar-refractivity contribution in [3.8, 4) is 0 Å². The highest BCUT2D eigenvalue weighted by atomic mass is 16.3. The molecule has 96 valence electrons. The van der Waals surface area contributed by atoms with Crippen LogP contribution in [0.5, 0.6) is 0 Å². The van der Waals surface area contributed by atoms with E-state index in [1.807, 2.05) is 0 Å². The highest BCUT2D eigenvalue weighted by Crippen LogP contribution is 2.17. The molecule has 2 aromatic rings. The zero-order valence-electron chi connectivity index (χ0n) is 11.3. The van der Waals surface area contributed by atoms with Gasteiger partial charge in [0.05, 0.1) is 18.8 Å². The van der Waals surface area contributed by atoms with Crippen molar-refractivity contribution in [3.63, 3.8) is 0 Å². The first-order valence-corrected chi connectivity index (χ1v) is 6.12. The van der Waals surface area contributed by atoms with Gasteiger partial charge in [-0.2, -0.15) is 0 Å². The first-order chi connectivity index (χ1) is 8.47. The second-order valence-corrected chi connectivity index (χ2v) is 4.89. The van der Waals surface area contributed by atoms with Gasteiger partial charge >= 0.3 is 0 Å². The summed E-state index contributed by atoms with van der Waals surface area (Å²) in [6.45, 7) is 8.71. The molecule has 4 nitrogen and oxygen atoms in total. The average Bonchev–Trinajstić information content (AvgIpc) is 2.71. The van der Waals surface area contributed by atoms with Crippen LogP contribution in [0.15, 0.2) is 18.3 Å². The summed E-state index contributed by atoms with van der Waals surface area (Å²) < 4.78 is 1.77. The average molecular weight is 245 g/mol. The van der Waals surface area contributed by atoms with Crippen molar-refractivity contribution >= 4 is 0 Å². The molecule has 0 bridgehead atoms. The molecule has 0 aliphatic rings. The van der Waals surface area contributed by atoms with Gasteiger partial charge in [0.25, 0.3) is 0 Å². The lowest BCUT2D eigenvalue weighted by Crippen LogP contribution is -2.05. The molecule has 18 heavy (non-hydrogen) atoms. The zero-order valence-corrected chi connectivity index (χ0v) is 11.3. The second kappa shape index (κ2) is 4.90. The predicted octanol–water partition coefficient (Wildman–Crippen LogP) is 2.30. The summed E-state index contributed by atoms with van der Waals surface area (Å²) in [6, 6.07) is 4.35. The summed E-state index contributed by atoms with van der Waals surface area (Å²) in [5, 5.41) is 17.4. The van der Waals surface area contributed by atoms with E-state index in [2.05, 4.69) is 43.2 Å². The standard InChI is InChI=1S/C14H19N3O/c1-9-5-10(2)13(11(3)6-9)7-17-8-14(12(4)18)15-16-17/h5-6,8,12,18H,7H2,1-4H3. The third kappa shape index (κ3) is 2.59. The van der Waals surface area contributed by atoms with Crippen LogP contribution in [0.2, 0.25) is 0 Å². The number of hydrogen-bond acceptors (Lipinski definition) is 3. The van der Waals surface area contributed by atoms with Crippen molar-refractivity contribution in [2.24, 2.45) is 0 Å². The SMILES string of the molecule is Cc1cc(C)c(Cn2cc(C(C)O)nn2)c(C)c1. The molecule has 0 saturated carbocycles. The second-order valence-electron chi connectivity index (χ2n) is 4.89. The molecule has 0 fully saturated rings. The van der Waals surface area contributed by atoms with Crippen LogP contribution in [0, 0.1) is 20.8 Å². The number of benzene rings is 1. The number of hydrogen-bond donors (Lipinski definition) is 1. The van der Waals surface area contributed by atoms with Crippen LogP contribution < -0.4 is 0 Å². The minimum Gasteiger partial charge on any atom is -0.387 e. The fourth-order valence-corrected chi connectivity index (χ4v) is 2.20. The molecule has 1 unspecified atom stereocenters. The normalized spacial score (nSPS) is 12.7. The van der Waals surface area contributed by atoms with Crippen molar-refractivity contribution in [2.75, 3.05) is 0 Å². The van der Waals surface area contributed by atoms with Gasteiger partial charge in [-0.15, -0.1) is 5.10 Å². The zero-order chi connectivity index (χ0) is 13.3. The van der Waals surface area contributed by atoms with Crippen molar-refractivity contribution in [1.29, 1.82) is 0 Å². The van der Waals surface area contributed by atoms with E-state index in [0.717, 1.165) is 0 Å². The highest BCUT2D eigenvalue weighted by Gasteiger charge is 2.09.